The van der Waals surface area contributed by atoms with Crippen molar-refractivity contribution in [2.24, 2.45) is 0 Å². The summed E-state index contributed by atoms with van der Waals surface area (Å²) in [6.45, 7) is 0. The summed E-state index contributed by atoms with van der Waals surface area (Å²) in [5.74, 6) is 0.624. The zero-order chi connectivity index (χ0) is 12.1. The summed E-state index contributed by atoms with van der Waals surface area (Å²) in [4.78, 5) is 11.0. The standard InChI is InChI=1S/C14H17ClO2/c15-13-8-5-9-14(12(13)10-16)17-11-6-3-1-2-4-7-11/h5,8-11H,1-4,6-7H2. The van der Waals surface area contributed by atoms with Crippen LogP contribution in [0.2, 0.25) is 5.02 Å². The zero-order valence-electron chi connectivity index (χ0n) is 9.82. The van der Waals surface area contributed by atoms with E-state index in [1.807, 2.05) is 12.1 Å². The molecule has 2 nitrogen and oxygen atoms in total. The Morgan fingerprint density at radius 2 is 1.88 bits per heavy atom. The normalized spacial score (nSPS) is 17.5. The van der Waals surface area contributed by atoms with Crippen molar-refractivity contribution in [1.29, 1.82) is 0 Å². The predicted molar refractivity (Wildman–Crippen MR) is 69.0 cm³/mol. The molecule has 1 aliphatic carbocycles. The molecule has 1 saturated carbocycles. The lowest BCUT2D eigenvalue weighted by Gasteiger charge is -2.18. The molecule has 0 amide bonds. The molecule has 0 atom stereocenters. The minimum Gasteiger partial charge on any atom is -0.490 e. The van der Waals surface area contributed by atoms with Crippen molar-refractivity contribution >= 4 is 17.9 Å². The van der Waals surface area contributed by atoms with Gasteiger partial charge in [-0.1, -0.05) is 30.5 Å². The minimum atomic E-state index is 0.231. The molecule has 92 valence electrons. The molecular weight excluding hydrogens is 236 g/mol. The van der Waals surface area contributed by atoms with Gasteiger partial charge in [-0.15, -0.1) is 0 Å². The fourth-order valence-corrected chi connectivity index (χ4v) is 2.48. The molecule has 2 rings (SSSR count). The first kappa shape index (κ1) is 12.4. The van der Waals surface area contributed by atoms with E-state index in [1.54, 1.807) is 6.07 Å². The van der Waals surface area contributed by atoms with E-state index in [-0.39, 0.29) is 6.10 Å². The van der Waals surface area contributed by atoms with Crippen LogP contribution in [0.4, 0.5) is 0 Å². The van der Waals surface area contributed by atoms with Gasteiger partial charge in [0.1, 0.15) is 5.75 Å². The average Bonchev–Trinajstić information content (AvgIpc) is 2.58. The van der Waals surface area contributed by atoms with Crippen LogP contribution in [0.1, 0.15) is 48.9 Å². The fourth-order valence-electron chi connectivity index (χ4n) is 2.27. The first-order valence-corrected chi connectivity index (χ1v) is 6.59. The first-order chi connectivity index (χ1) is 8.31. The molecule has 1 fully saturated rings. The summed E-state index contributed by atoms with van der Waals surface area (Å²) in [5.41, 5.74) is 0.471. The maximum atomic E-state index is 11.0. The monoisotopic (exact) mass is 252 g/mol. The highest BCUT2D eigenvalue weighted by atomic mass is 35.5. The molecule has 17 heavy (non-hydrogen) atoms. The molecule has 0 aromatic heterocycles. The molecule has 0 saturated heterocycles. The van der Waals surface area contributed by atoms with Crippen molar-refractivity contribution in [2.75, 3.05) is 0 Å². The van der Waals surface area contributed by atoms with E-state index in [0.717, 1.165) is 19.1 Å². The molecule has 0 N–H and O–H groups in total. The van der Waals surface area contributed by atoms with Gasteiger partial charge in [0.15, 0.2) is 6.29 Å². The lowest BCUT2D eigenvalue weighted by Crippen LogP contribution is -2.16. The van der Waals surface area contributed by atoms with Crippen LogP contribution >= 0.6 is 11.6 Å². The van der Waals surface area contributed by atoms with E-state index in [4.69, 9.17) is 16.3 Å². The van der Waals surface area contributed by atoms with Gasteiger partial charge in [-0.05, 0) is 37.8 Å². The Labute approximate surface area is 107 Å². The van der Waals surface area contributed by atoms with Crippen molar-refractivity contribution in [3.63, 3.8) is 0 Å². The maximum Gasteiger partial charge on any atom is 0.155 e. The summed E-state index contributed by atoms with van der Waals surface area (Å²) >= 11 is 5.97. The van der Waals surface area contributed by atoms with Crippen LogP contribution in [-0.4, -0.2) is 12.4 Å². The highest BCUT2D eigenvalue weighted by molar-refractivity contribution is 6.33. The smallest absolute Gasteiger partial charge is 0.155 e. The third-order valence-electron chi connectivity index (χ3n) is 3.23. The van der Waals surface area contributed by atoms with E-state index in [9.17, 15) is 4.79 Å². The van der Waals surface area contributed by atoms with Gasteiger partial charge in [-0.3, -0.25) is 4.79 Å². The van der Waals surface area contributed by atoms with Gasteiger partial charge in [-0.2, -0.15) is 0 Å². The number of carbonyl (C=O) groups is 1. The minimum absolute atomic E-state index is 0.231. The molecule has 0 bridgehead atoms. The van der Waals surface area contributed by atoms with Gasteiger partial charge in [0, 0.05) is 0 Å². The third kappa shape index (κ3) is 3.22. The summed E-state index contributed by atoms with van der Waals surface area (Å²) in [5, 5.41) is 0.464. The number of hydrogen-bond donors (Lipinski definition) is 0. The number of carbonyl (C=O) groups excluding carboxylic acids is 1. The molecule has 3 heteroatoms. The highest BCUT2D eigenvalue weighted by Gasteiger charge is 2.16. The van der Waals surface area contributed by atoms with Crippen LogP contribution in [0, 0.1) is 0 Å². The van der Waals surface area contributed by atoms with E-state index in [1.165, 1.54) is 25.7 Å². The largest absolute Gasteiger partial charge is 0.490 e. The van der Waals surface area contributed by atoms with E-state index < -0.39 is 0 Å². The number of ether oxygens (including phenoxy) is 1. The molecule has 0 spiro atoms. The summed E-state index contributed by atoms with van der Waals surface area (Å²) in [6, 6.07) is 5.35. The van der Waals surface area contributed by atoms with Crippen LogP contribution < -0.4 is 4.74 Å². The van der Waals surface area contributed by atoms with Gasteiger partial charge < -0.3 is 4.74 Å². The van der Waals surface area contributed by atoms with Crippen LogP contribution in [0.15, 0.2) is 18.2 Å². The van der Waals surface area contributed by atoms with Crippen molar-refractivity contribution < 1.29 is 9.53 Å². The van der Waals surface area contributed by atoms with Gasteiger partial charge in [0.25, 0.3) is 0 Å². The Morgan fingerprint density at radius 3 is 2.53 bits per heavy atom. The topological polar surface area (TPSA) is 26.3 Å². The van der Waals surface area contributed by atoms with E-state index >= 15 is 0 Å². The van der Waals surface area contributed by atoms with Crippen molar-refractivity contribution in [1.82, 2.24) is 0 Å². The maximum absolute atomic E-state index is 11.0. The second kappa shape index (κ2) is 6.06. The number of rotatable bonds is 3. The lowest BCUT2D eigenvalue weighted by atomic mass is 10.1. The van der Waals surface area contributed by atoms with Crippen molar-refractivity contribution in [3.8, 4) is 5.75 Å². The molecule has 0 heterocycles. The molecule has 1 aromatic rings. The Hall–Kier alpha value is -1.02. The lowest BCUT2D eigenvalue weighted by molar-refractivity contribution is 0.111. The first-order valence-electron chi connectivity index (χ1n) is 6.21. The van der Waals surface area contributed by atoms with Gasteiger partial charge in [0.2, 0.25) is 0 Å². The zero-order valence-corrected chi connectivity index (χ0v) is 10.6. The average molecular weight is 253 g/mol. The molecule has 1 aliphatic rings. The van der Waals surface area contributed by atoms with Crippen molar-refractivity contribution in [2.45, 2.75) is 44.6 Å². The molecular formula is C14H17ClO2. The Balaban J connectivity index is 2.11. The molecule has 0 unspecified atom stereocenters. The molecule has 0 radical (unpaired) electrons. The van der Waals surface area contributed by atoms with E-state index in [0.29, 0.717) is 16.3 Å². The van der Waals surface area contributed by atoms with Crippen LogP contribution in [-0.2, 0) is 0 Å². The van der Waals surface area contributed by atoms with Gasteiger partial charge in [0.05, 0.1) is 16.7 Å². The van der Waals surface area contributed by atoms with Gasteiger partial charge in [-0.25, -0.2) is 0 Å². The summed E-state index contributed by atoms with van der Waals surface area (Å²) < 4.78 is 5.92. The highest BCUT2D eigenvalue weighted by Crippen LogP contribution is 2.28. The number of benzene rings is 1. The predicted octanol–water partition coefficient (Wildman–Crippen LogP) is 4.25. The van der Waals surface area contributed by atoms with Crippen LogP contribution in [0.25, 0.3) is 0 Å². The molecule has 1 aromatic carbocycles. The summed E-state index contributed by atoms with van der Waals surface area (Å²) in [7, 11) is 0. The Kier molecular flexibility index (Phi) is 4.43. The number of hydrogen-bond acceptors (Lipinski definition) is 2. The second-order valence-electron chi connectivity index (χ2n) is 4.50. The number of aldehydes is 1. The summed E-state index contributed by atoms with van der Waals surface area (Å²) in [6.07, 6.45) is 8.15. The van der Waals surface area contributed by atoms with Crippen LogP contribution in [0.5, 0.6) is 5.75 Å². The van der Waals surface area contributed by atoms with Crippen LogP contribution in [0.3, 0.4) is 0 Å². The molecule has 0 aliphatic heterocycles. The van der Waals surface area contributed by atoms with E-state index in [2.05, 4.69) is 0 Å². The Morgan fingerprint density at radius 1 is 1.18 bits per heavy atom. The van der Waals surface area contributed by atoms with Crippen molar-refractivity contribution in [3.05, 3.63) is 28.8 Å². The second-order valence-corrected chi connectivity index (χ2v) is 4.91. The number of halogens is 1. The Bertz CT molecular complexity index is 382. The van der Waals surface area contributed by atoms with Gasteiger partial charge >= 0.3 is 0 Å². The SMILES string of the molecule is O=Cc1c(Cl)cccc1OC1CCCCCC1. The quantitative estimate of drug-likeness (QED) is 0.594. The fraction of sp³-hybridized carbons (Fsp3) is 0.500. The third-order valence-corrected chi connectivity index (χ3v) is 3.56.